The van der Waals surface area contributed by atoms with Crippen molar-refractivity contribution in [3.63, 3.8) is 0 Å². The number of amides is 2. The molecule has 2 N–H and O–H groups in total. The molecule has 5 nitrogen and oxygen atoms in total. The molecule has 0 aromatic carbocycles. The van der Waals surface area contributed by atoms with Crippen LogP contribution < -0.4 is 10.6 Å². The molecular weight excluding hydrogens is 254 g/mol. The second-order valence-corrected chi connectivity index (χ2v) is 6.23. The summed E-state index contributed by atoms with van der Waals surface area (Å²) in [7, 11) is 0. The van der Waals surface area contributed by atoms with E-state index in [0.717, 1.165) is 5.69 Å². The van der Waals surface area contributed by atoms with Crippen LogP contribution in [-0.4, -0.2) is 22.3 Å². The summed E-state index contributed by atoms with van der Waals surface area (Å²) in [5.74, 6) is -0.473. The number of carbonyl (C=O) groups excluding carboxylic acids is 2. The van der Waals surface area contributed by atoms with E-state index < -0.39 is 0 Å². The first kappa shape index (κ1) is 14.5. The minimum absolute atomic E-state index is 0.0320. The van der Waals surface area contributed by atoms with Gasteiger partial charge in [-0.25, -0.2) is 0 Å². The Kier molecular flexibility index (Phi) is 4.06. The zero-order chi connectivity index (χ0) is 14.8. The van der Waals surface area contributed by atoms with Crippen molar-refractivity contribution >= 4 is 11.8 Å². The Morgan fingerprint density at radius 3 is 2.55 bits per heavy atom. The number of hydrogen-bond donors (Lipinski definition) is 2. The first-order valence-electron chi connectivity index (χ1n) is 6.86. The first-order chi connectivity index (χ1) is 9.37. The molecule has 0 bridgehead atoms. The lowest BCUT2D eigenvalue weighted by molar-refractivity contribution is -0.128. The molecule has 1 saturated carbocycles. The molecule has 1 aromatic rings. The van der Waals surface area contributed by atoms with E-state index in [9.17, 15) is 9.59 Å². The summed E-state index contributed by atoms with van der Waals surface area (Å²) in [6, 6.07) is 5.57. The normalized spacial score (nSPS) is 21.1. The maximum atomic E-state index is 11.9. The van der Waals surface area contributed by atoms with Crippen LogP contribution >= 0.6 is 0 Å². The van der Waals surface area contributed by atoms with Crippen molar-refractivity contribution in [2.24, 2.45) is 11.8 Å². The van der Waals surface area contributed by atoms with Crippen molar-refractivity contribution in [3.05, 3.63) is 30.1 Å². The smallest absolute Gasteiger partial charge is 0.224 e. The third kappa shape index (κ3) is 4.05. The van der Waals surface area contributed by atoms with E-state index in [-0.39, 0.29) is 29.2 Å². The predicted octanol–water partition coefficient (Wildman–Crippen LogP) is 1.25. The van der Waals surface area contributed by atoms with Crippen LogP contribution in [0.25, 0.3) is 0 Å². The minimum Gasteiger partial charge on any atom is -0.351 e. The molecule has 1 aliphatic carbocycles. The van der Waals surface area contributed by atoms with Crippen LogP contribution in [0.1, 0.15) is 32.9 Å². The Labute approximate surface area is 119 Å². The lowest BCUT2D eigenvalue weighted by Crippen LogP contribution is -2.42. The van der Waals surface area contributed by atoms with Crippen molar-refractivity contribution in [1.82, 2.24) is 15.6 Å². The highest BCUT2D eigenvalue weighted by Crippen LogP contribution is 2.39. The van der Waals surface area contributed by atoms with Crippen LogP contribution in [0.4, 0.5) is 0 Å². The van der Waals surface area contributed by atoms with E-state index in [4.69, 9.17) is 0 Å². The van der Waals surface area contributed by atoms with E-state index in [2.05, 4.69) is 15.6 Å². The lowest BCUT2D eigenvalue weighted by Gasteiger charge is -2.20. The highest BCUT2D eigenvalue weighted by Gasteiger charge is 2.48. The van der Waals surface area contributed by atoms with Gasteiger partial charge in [-0.2, -0.15) is 0 Å². The summed E-state index contributed by atoms with van der Waals surface area (Å²) < 4.78 is 0. The van der Waals surface area contributed by atoms with Crippen LogP contribution in [0.3, 0.4) is 0 Å². The summed E-state index contributed by atoms with van der Waals surface area (Å²) >= 11 is 0. The van der Waals surface area contributed by atoms with Gasteiger partial charge in [0.15, 0.2) is 0 Å². The lowest BCUT2D eigenvalue weighted by atomic mass is 10.1. The molecule has 0 radical (unpaired) electrons. The van der Waals surface area contributed by atoms with Gasteiger partial charge >= 0.3 is 0 Å². The molecule has 2 unspecified atom stereocenters. The predicted molar refractivity (Wildman–Crippen MR) is 75.6 cm³/mol. The second-order valence-electron chi connectivity index (χ2n) is 6.23. The molecule has 1 heterocycles. The van der Waals surface area contributed by atoms with Crippen LogP contribution in [-0.2, 0) is 16.1 Å². The van der Waals surface area contributed by atoms with E-state index >= 15 is 0 Å². The summed E-state index contributed by atoms with van der Waals surface area (Å²) in [6.07, 6.45) is 2.33. The van der Waals surface area contributed by atoms with Gasteiger partial charge in [0.2, 0.25) is 11.8 Å². The Hall–Kier alpha value is -1.91. The SMILES string of the molecule is CC(C)(C)NC(=O)C1CC1C(=O)NCc1ccccn1. The van der Waals surface area contributed by atoms with Gasteiger partial charge in [0.05, 0.1) is 24.1 Å². The summed E-state index contributed by atoms with van der Waals surface area (Å²) in [5, 5.41) is 5.74. The van der Waals surface area contributed by atoms with Crippen LogP contribution in [0.5, 0.6) is 0 Å². The number of rotatable bonds is 4. The molecular formula is C15H21N3O2. The molecule has 0 aliphatic heterocycles. The Morgan fingerprint density at radius 2 is 1.95 bits per heavy atom. The second kappa shape index (κ2) is 5.61. The molecule has 0 spiro atoms. The number of aromatic nitrogens is 1. The fourth-order valence-electron chi connectivity index (χ4n) is 2.05. The fraction of sp³-hybridized carbons (Fsp3) is 0.533. The number of nitrogens with one attached hydrogen (secondary N) is 2. The Morgan fingerprint density at radius 1 is 1.25 bits per heavy atom. The summed E-state index contributed by atoms with van der Waals surface area (Å²) in [5.41, 5.74) is 0.562. The van der Waals surface area contributed by atoms with Crippen molar-refractivity contribution in [2.45, 2.75) is 39.3 Å². The van der Waals surface area contributed by atoms with Gasteiger partial charge in [0.25, 0.3) is 0 Å². The Balaban J connectivity index is 1.77. The van der Waals surface area contributed by atoms with Gasteiger partial charge in [0, 0.05) is 11.7 Å². The highest BCUT2D eigenvalue weighted by molar-refractivity contribution is 5.92. The monoisotopic (exact) mass is 275 g/mol. The molecule has 1 aromatic heterocycles. The molecule has 1 aliphatic rings. The van der Waals surface area contributed by atoms with Gasteiger partial charge in [-0.05, 0) is 39.3 Å². The zero-order valence-corrected chi connectivity index (χ0v) is 12.1. The quantitative estimate of drug-likeness (QED) is 0.868. The average Bonchev–Trinajstić information content (AvgIpc) is 3.15. The molecule has 2 rings (SSSR count). The Bertz CT molecular complexity index is 494. The molecule has 20 heavy (non-hydrogen) atoms. The van der Waals surface area contributed by atoms with Gasteiger partial charge in [-0.1, -0.05) is 6.07 Å². The average molecular weight is 275 g/mol. The van der Waals surface area contributed by atoms with E-state index in [1.807, 2.05) is 39.0 Å². The van der Waals surface area contributed by atoms with Crippen molar-refractivity contribution in [2.75, 3.05) is 0 Å². The topological polar surface area (TPSA) is 71.1 Å². The van der Waals surface area contributed by atoms with Crippen molar-refractivity contribution < 1.29 is 9.59 Å². The number of carbonyl (C=O) groups is 2. The van der Waals surface area contributed by atoms with Crippen LogP contribution in [0.2, 0.25) is 0 Å². The molecule has 1 fully saturated rings. The summed E-state index contributed by atoms with van der Waals surface area (Å²) in [6.45, 7) is 6.21. The van der Waals surface area contributed by atoms with Gasteiger partial charge in [-0.3, -0.25) is 14.6 Å². The largest absolute Gasteiger partial charge is 0.351 e. The molecule has 108 valence electrons. The maximum Gasteiger partial charge on any atom is 0.224 e. The third-order valence-electron chi connectivity index (χ3n) is 3.13. The molecule has 2 amide bonds. The van der Waals surface area contributed by atoms with Crippen LogP contribution in [0, 0.1) is 11.8 Å². The van der Waals surface area contributed by atoms with Crippen molar-refractivity contribution in [1.29, 1.82) is 0 Å². The zero-order valence-electron chi connectivity index (χ0n) is 12.1. The maximum absolute atomic E-state index is 11.9. The minimum atomic E-state index is -0.255. The number of hydrogen-bond acceptors (Lipinski definition) is 3. The molecule has 0 saturated heterocycles. The van der Waals surface area contributed by atoms with E-state index in [1.54, 1.807) is 6.20 Å². The van der Waals surface area contributed by atoms with E-state index in [0.29, 0.717) is 13.0 Å². The highest BCUT2D eigenvalue weighted by atomic mass is 16.2. The molecule has 2 atom stereocenters. The van der Waals surface area contributed by atoms with Gasteiger partial charge in [0.1, 0.15) is 0 Å². The van der Waals surface area contributed by atoms with Gasteiger partial charge in [-0.15, -0.1) is 0 Å². The number of pyridine rings is 1. The first-order valence-corrected chi connectivity index (χ1v) is 6.86. The van der Waals surface area contributed by atoms with Gasteiger partial charge < -0.3 is 10.6 Å². The summed E-state index contributed by atoms with van der Waals surface area (Å²) in [4.78, 5) is 28.0. The number of nitrogens with zero attached hydrogens (tertiary/aromatic N) is 1. The third-order valence-corrected chi connectivity index (χ3v) is 3.13. The standard InChI is InChI=1S/C15H21N3O2/c1-15(2,3)18-14(20)12-8-11(12)13(19)17-9-10-6-4-5-7-16-10/h4-7,11-12H,8-9H2,1-3H3,(H,17,19)(H,18,20). The van der Waals surface area contributed by atoms with Crippen LogP contribution in [0.15, 0.2) is 24.4 Å². The fourth-order valence-corrected chi connectivity index (χ4v) is 2.05. The van der Waals surface area contributed by atoms with E-state index in [1.165, 1.54) is 0 Å². The molecule has 5 heteroatoms. The van der Waals surface area contributed by atoms with Crippen molar-refractivity contribution in [3.8, 4) is 0 Å².